The summed E-state index contributed by atoms with van der Waals surface area (Å²) in [4.78, 5) is 14.6. The van der Waals surface area contributed by atoms with Crippen molar-refractivity contribution in [3.63, 3.8) is 0 Å². The minimum Gasteiger partial charge on any atom is -0.341 e. The molecule has 134 valence electrons. The second-order valence-corrected chi connectivity index (χ2v) is 6.51. The zero-order valence-corrected chi connectivity index (χ0v) is 14.3. The lowest BCUT2D eigenvalue weighted by Crippen LogP contribution is -2.35. The maximum atomic E-state index is 12.9. The van der Waals surface area contributed by atoms with Crippen molar-refractivity contribution in [2.75, 3.05) is 26.2 Å². The van der Waals surface area contributed by atoms with Crippen molar-refractivity contribution < 1.29 is 18.0 Å². The Morgan fingerprint density at radius 1 is 1.29 bits per heavy atom. The van der Waals surface area contributed by atoms with Gasteiger partial charge in [0.05, 0.1) is 11.5 Å². The number of rotatable bonds is 3. The topological polar surface area (TPSA) is 32.3 Å². The molecule has 3 rings (SSSR count). The molecule has 7 heteroatoms. The van der Waals surface area contributed by atoms with E-state index >= 15 is 0 Å². The highest BCUT2D eigenvalue weighted by molar-refractivity contribution is 5.85. The largest absolute Gasteiger partial charge is 0.416 e. The third-order valence-corrected chi connectivity index (χ3v) is 5.02. The van der Waals surface area contributed by atoms with Gasteiger partial charge < -0.3 is 10.2 Å². The number of hydrogen-bond acceptors (Lipinski definition) is 2. The number of alkyl halides is 3. The standard InChI is InChI=1S/C17H21F3N2O.ClH/c1-2-15(11-4-3-5-14(6-11)17(18,19)20)16(23)22-9-12-7-21-8-13(12)10-22;/h3-6,12-13,15,21H,2,7-10H2,1H3;1H/t12-,13+,15?;. The van der Waals surface area contributed by atoms with Crippen LogP contribution in [0.1, 0.15) is 30.4 Å². The van der Waals surface area contributed by atoms with Crippen molar-refractivity contribution in [3.8, 4) is 0 Å². The normalized spacial score (nSPS) is 24.4. The molecule has 1 N–H and O–H groups in total. The molecular formula is C17H22ClF3N2O. The van der Waals surface area contributed by atoms with E-state index in [-0.39, 0.29) is 18.3 Å². The first kappa shape index (κ1) is 19.1. The molecule has 0 aromatic heterocycles. The Kier molecular flexibility index (Phi) is 5.81. The van der Waals surface area contributed by atoms with Gasteiger partial charge in [-0.2, -0.15) is 13.2 Å². The van der Waals surface area contributed by atoms with Crippen LogP contribution in [0.3, 0.4) is 0 Å². The number of fused-ring (bicyclic) bond motifs is 1. The highest BCUT2D eigenvalue weighted by Gasteiger charge is 2.40. The molecule has 2 aliphatic heterocycles. The predicted molar refractivity (Wildman–Crippen MR) is 88.2 cm³/mol. The molecule has 2 heterocycles. The van der Waals surface area contributed by atoms with Crippen molar-refractivity contribution >= 4 is 18.3 Å². The Balaban J connectivity index is 0.00000208. The molecule has 0 spiro atoms. The van der Waals surface area contributed by atoms with Gasteiger partial charge in [0.2, 0.25) is 5.91 Å². The SMILES string of the molecule is CCC(C(=O)N1C[C@H]2CNC[C@H]2C1)c1cccc(C(F)(F)F)c1.Cl. The summed E-state index contributed by atoms with van der Waals surface area (Å²) >= 11 is 0. The minimum absolute atomic E-state index is 0. The molecule has 2 saturated heterocycles. The average molecular weight is 363 g/mol. The molecule has 1 unspecified atom stereocenters. The molecule has 3 nitrogen and oxygen atoms in total. The van der Waals surface area contributed by atoms with Crippen molar-refractivity contribution in [3.05, 3.63) is 35.4 Å². The zero-order chi connectivity index (χ0) is 16.6. The van der Waals surface area contributed by atoms with Crippen LogP contribution in [0.5, 0.6) is 0 Å². The van der Waals surface area contributed by atoms with E-state index in [1.807, 2.05) is 11.8 Å². The predicted octanol–water partition coefficient (Wildman–Crippen LogP) is 3.30. The molecule has 0 aliphatic carbocycles. The van der Waals surface area contributed by atoms with E-state index in [1.165, 1.54) is 6.07 Å². The van der Waals surface area contributed by atoms with Crippen LogP contribution in [0.4, 0.5) is 13.2 Å². The third-order valence-electron chi connectivity index (χ3n) is 5.02. The van der Waals surface area contributed by atoms with Crippen LogP contribution in [0.15, 0.2) is 24.3 Å². The molecule has 0 bridgehead atoms. The van der Waals surface area contributed by atoms with Gasteiger partial charge in [-0.25, -0.2) is 0 Å². The van der Waals surface area contributed by atoms with Crippen LogP contribution in [0.2, 0.25) is 0 Å². The van der Waals surface area contributed by atoms with Crippen LogP contribution in [-0.2, 0) is 11.0 Å². The number of halogens is 4. The van der Waals surface area contributed by atoms with Crippen molar-refractivity contribution in [2.45, 2.75) is 25.4 Å². The second-order valence-electron chi connectivity index (χ2n) is 6.51. The lowest BCUT2D eigenvalue weighted by Gasteiger charge is -2.24. The van der Waals surface area contributed by atoms with Crippen LogP contribution < -0.4 is 5.32 Å². The van der Waals surface area contributed by atoms with Gasteiger partial charge in [0.25, 0.3) is 0 Å². The smallest absolute Gasteiger partial charge is 0.341 e. The van der Waals surface area contributed by atoms with E-state index in [2.05, 4.69) is 5.32 Å². The third kappa shape index (κ3) is 3.70. The quantitative estimate of drug-likeness (QED) is 0.894. The molecule has 1 aromatic carbocycles. The van der Waals surface area contributed by atoms with E-state index in [4.69, 9.17) is 0 Å². The number of nitrogens with zero attached hydrogens (tertiary/aromatic N) is 1. The van der Waals surface area contributed by atoms with E-state index < -0.39 is 17.7 Å². The van der Waals surface area contributed by atoms with Gasteiger partial charge in [-0.1, -0.05) is 25.1 Å². The fourth-order valence-electron chi connectivity index (χ4n) is 3.74. The Hall–Kier alpha value is -1.27. The summed E-state index contributed by atoms with van der Waals surface area (Å²) in [5, 5.41) is 3.32. The van der Waals surface area contributed by atoms with E-state index in [0.29, 0.717) is 36.9 Å². The monoisotopic (exact) mass is 362 g/mol. The molecule has 0 radical (unpaired) electrons. The van der Waals surface area contributed by atoms with Crippen LogP contribution in [0.25, 0.3) is 0 Å². The van der Waals surface area contributed by atoms with Gasteiger partial charge in [-0.05, 0) is 29.9 Å². The first-order chi connectivity index (χ1) is 10.9. The van der Waals surface area contributed by atoms with Gasteiger partial charge in [-0.3, -0.25) is 4.79 Å². The summed E-state index contributed by atoms with van der Waals surface area (Å²) in [5.41, 5.74) is -0.230. The number of carbonyl (C=O) groups is 1. The fourth-order valence-corrected chi connectivity index (χ4v) is 3.74. The zero-order valence-electron chi connectivity index (χ0n) is 13.5. The van der Waals surface area contributed by atoms with Crippen LogP contribution in [0, 0.1) is 11.8 Å². The first-order valence-electron chi connectivity index (χ1n) is 8.06. The van der Waals surface area contributed by atoms with Crippen LogP contribution >= 0.6 is 12.4 Å². The van der Waals surface area contributed by atoms with E-state index in [9.17, 15) is 18.0 Å². The molecule has 1 amide bonds. The van der Waals surface area contributed by atoms with Gasteiger partial charge in [0.1, 0.15) is 0 Å². The Labute approximate surface area is 146 Å². The lowest BCUT2D eigenvalue weighted by atomic mass is 9.93. The van der Waals surface area contributed by atoms with Crippen LogP contribution in [-0.4, -0.2) is 37.0 Å². The minimum atomic E-state index is -4.38. The molecule has 2 fully saturated rings. The Morgan fingerprint density at radius 3 is 2.46 bits per heavy atom. The molecule has 1 aromatic rings. The summed E-state index contributed by atoms with van der Waals surface area (Å²) in [6.07, 6.45) is -3.88. The number of benzene rings is 1. The molecule has 24 heavy (non-hydrogen) atoms. The summed E-state index contributed by atoms with van der Waals surface area (Å²) in [7, 11) is 0. The Bertz CT molecular complexity index is 581. The molecule has 2 aliphatic rings. The average Bonchev–Trinajstić information content (AvgIpc) is 3.08. The van der Waals surface area contributed by atoms with Gasteiger partial charge in [-0.15, -0.1) is 12.4 Å². The van der Waals surface area contributed by atoms with Crippen molar-refractivity contribution in [1.82, 2.24) is 10.2 Å². The van der Waals surface area contributed by atoms with Crippen molar-refractivity contribution in [2.24, 2.45) is 11.8 Å². The van der Waals surface area contributed by atoms with Gasteiger partial charge in [0, 0.05) is 26.2 Å². The Morgan fingerprint density at radius 2 is 1.92 bits per heavy atom. The van der Waals surface area contributed by atoms with Crippen molar-refractivity contribution in [1.29, 1.82) is 0 Å². The molecule has 0 saturated carbocycles. The fraction of sp³-hybridized carbons (Fsp3) is 0.588. The maximum Gasteiger partial charge on any atom is 0.416 e. The highest BCUT2D eigenvalue weighted by atomic mass is 35.5. The lowest BCUT2D eigenvalue weighted by molar-refractivity contribution is -0.138. The summed E-state index contributed by atoms with van der Waals surface area (Å²) in [6.45, 7) is 5.13. The van der Waals surface area contributed by atoms with E-state index in [1.54, 1.807) is 6.07 Å². The van der Waals surface area contributed by atoms with E-state index in [0.717, 1.165) is 25.2 Å². The number of hydrogen-bond donors (Lipinski definition) is 1. The molecular weight excluding hydrogens is 341 g/mol. The number of amides is 1. The summed E-state index contributed by atoms with van der Waals surface area (Å²) < 4.78 is 38.7. The highest BCUT2D eigenvalue weighted by Crippen LogP contribution is 2.34. The number of nitrogens with one attached hydrogen (secondary N) is 1. The maximum absolute atomic E-state index is 12.9. The number of likely N-dealkylation sites (tertiary alicyclic amines) is 1. The van der Waals surface area contributed by atoms with Gasteiger partial charge >= 0.3 is 6.18 Å². The molecule has 3 atom stereocenters. The van der Waals surface area contributed by atoms with Gasteiger partial charge in [0.15, 0.2) is 0 Å². The number of carbonyl (C=O) groups excluding carboxylic acids is 1. The second kappa shape index (κ2) is 7.31. The summed E-state index contributed by atoms with van der Waals surface area (Å²) in [5.74, 6) is 0.432. The first-order valence-corrected chi connectivity index (χ1v) is 8.06. The summed E-state index contributed by atoms with van der Waals surface area (Å²) in [6, 6.07) is 5.17.